The Hall–Kier alpha value is -3.47. The van der Waals surface area contributed by atoms with E-state index >= 15 is 0 Å². The van der Waals surface area contributed by atoms with Crippen LogP contribution in [0.15, 0.2) is 78.9 Å². The number of para-hydroxylation sites is 1. The average Bonchev–Trinajstić information content (AvgIpc) is 3.17. The molecule has 0 radical (unpaired) electrons. The predicted molar refractivity (Wildman–Crippen MR) is 139 cm³/mol. The third-order valence-electron chi connectivity index (χ3n) is 6.83. The van der Waals surface area contributed by atoms with Gasteiger partial charge in [-0.1, -0.05) is 36.4 Å². The highest BCUT2D eigenvalue weighted by atomic mass is 16.5. The molecule has 0 atom stereocenters. The number of hydrogen-bond acceptors (Lipinski definition) is 5. The summed E-state index contributed by atoms with van der Waals surface area (Å²) in [6.07, 6.45) is 4.82. The number of benzene rings is 3. The Morgan fingerprint density at radius 3 is 1.97 bits per heavy atom. The number of piperidine rings is 1. The fourth-order valence-electron chi connectivity index (χ4n) is 4.98. The molecule has 34 heavy (non-hydrogen) atoms. The van der Waals surface area contributed by atoms with Gasteiger partial charge < -0.3 is 19.4 Å². The second kappa shape index (κ2) is 10.6. The van der Waals surface area contributed by atoms with Crippen LogP contribution in [-0.2, 0) is 0 Å². The molecule has 176 valence electrons. The lowest BCUT2D eigenvalue weighted by molar-refractivity contribution is 0.0735. The molecule has 2 aliphatic rings. The van der Waals surface area contributed by atoms with Gasteiger partial charge in [0.15, 0.2) is 5.75 Å². The van der Waals surface area contributed by atoms with E-state index in [0.29, 0.717) is 11.3 Å². The maximum absolute atomic E-state index is 12.9. The van der Waals surface area contributed by atoms with Crippen molar-refractivity contribution in [1.29, 1.82) is 0 Å². The number of rotatable bonds is 5. The molecule has 2 fully saturated rings. The summed E-state index contributed by atoms with van der Waals surface area (Å²) in [5, 5.41) is 0. The minimum absolute atomic E-state index is 0.312. The summed E-state index contributed by atoms with van der Waals surface area (Å²) < 4.78 is 5.97. The lowest BCUT2D eigenvalue weighted by atomic mass is 10.1. The second-order valence-corrected chi connectivity index (χ2v) is 9.12. The summed E-state index contributed by atoms with van der Waals surface area (Å²) in [5.41, 5.74) is 4.07. The Bertz CT molecular complexity index is 1080. The fourth-order valence-corrected chi connectivity index (χ4v) is 4.98. The van der Waals surface area contributed by atoms with Crippen molar-refractivity contribution in [2.45, 2.75) is 25.7 Å². The third-order valence-corrected chi connectivity index (χ3v) is 6.83. The molecular formula is C29H33N3O2. The van der Waals surface area contributed by atoms with Crippen LogP contribution < -0.4 is 19.4 Å². The molecule has 5 heteroatoms. The summed E-state index contributed by atoms with van der Waals surface area (Å²) in [6.45, 7) is 5.95. The van der Waals surface area contributed by atoms with Crippen molar-refractivity contribution in [3.63, 3.8) is 0 Å². The van der Waals surface area contributed by atoms with Crippen LogP contribution in [0.3, 0.4) is 0 Å². The van der Waals surface area contributed by atoms with Gasteiger partial charge in [-0.3, -0.25) is 0 Å². The summed E-state index contributed by atoms with van der Waals surface area (Å²) in [4.78, 5) is 20.2. The summed E-state index contributed by atoms with van der Waals surface area (Å²) >= 11 is 0. The van der Waals surface area contributed by atoms with E-state index in [1.807, 2.05) is 24.3 Å². The first-order valence-electron chi connectivity index (χ1n) is 12.5. The number of nitrogens with zero attached hydrogens (tertiary/aromatic N) is 3. The Balaban J connectivity index is 1.41. The van der Waals surface area contributed by atoms with Gasteiger partial charge in [-0.15, -0.1) is 0 Å². The normalized spacial score (nSPS) is 16.8. The molecule has 0 aromatic heterocycles. The van der Waals surface area contributed by atoms with Gasteiger partial charge in [-0.2, -0.15) is 0 Å². The molecule has 0 aliphatic carbocycles. The van der Waals surface area contributed by atoms with Crippen LogP contribution in [0.5, 0.6) is 5.75 Å². The lowest BCUT2D eigenvalue weighted by Gasteiger charge is -2.31. The molecule has 5 nitrogen and oxygen atoms in total. The predicted octanol–water partition coefficient (Wildman–Crippen LogP) is 5.61. The number of carbonyl (C=O) groups is 1. The van der Waals surface area contributed by atoms with Crippen molar-refractivity contribution in [2.24, 2.45) is 0 Å². The van der Waals surface area contributed by atoms with E-state index in [2.05, 4.69) is 57.2 Å². The van der Waals surface area contributed by atoms with E-state index in [4.69, 9.17) is 4.74 Å². The monoisotopic (exact) mass is 455 g/mol. The molecule has 0 bridgehead atoms. The molecule has 3 aromatic rings. The third kappa shape index (κ3) is 5.19. The highest BCUT2D eigenvalue weighted by Gasteiger charge is 2.22. The zero-order valence-electron chi connectivity index (χ0n) is 19.7. The van der Waals surface area contributed by atoms with E-state index in [-0.39, 0.29) is 5.97 Å². The van der Waals surface area contributed by atoms with E-state index in [1.54, 1.807) is 12.1 Å². The standard InChI is InChI=1S/C29H33N3O2/c33-29(24-11-4-1-5-12-24)34-28-16-15-26(30-17-8-3-9-18-30)23-27(28)32-20-10-19-31(21-22-32)25-13-6-2-7-14-25/h1-2,4-7,11-16,23H,3,8-10,17-22H2. The van der Waals surface area contributed by atoms with Crippen molar-refractivity contribution < 1.29 is 9.53 Å². The molecule has 5 rings (SSSR count). The largest absolute Gasteiger partial charge is 0.421 e. The quantitative estimate of drug-likeness (QED) is 0.369. The van der Waals surface area contributed by atoms with E-state index in [9.17, 15) is 4.79 Å². The number of anilines is 3. The van der Waals surface area contributed by atoms with Gasteiger partial charge in [0.05, 0.1) is 11.3 Å². The van der Waals surface area contributed by atoms with Crippen molar-refractivity contribution in [1.82, 2.24) is 0 Å². The van der Waals surface area contributed by atoms with Crippen LogP contribution >= 0.6 is 0 Å². The van der Waals surface area contributed by atoms with Crippen LogP contribution in [0.25, 0.3) is 0 Å². The SMILES string of the molecule is O=C(Oc1ccc(N2CCCCC2)cc1N1CCCN(c2ccccc2)CC1)c1ccccc1. The van der Waals surface area contributed by atoms with Crippen LogP contribution in [0.4, 0.5) is 17.1 Å². The first-order chi connectivity index (χ1) is 16.8. The Morgan fingerprint density at radius 2 is 1.21 bits per heavy atom. The van der Waals surface area contributed by atoms with Crippen molar-refractivity contribution in [3.8, 4) is 5.75 Å². The molecule has 0 amide bonds. The van der Waals surface area contributed by atoms with Crippen LogP contribution in [0.2, 0.25) is 0 Å². The van der Waals surface area contributed by atoms with E-state index in [1.165, 1.54) is 30.6 Å². The first-order valence-corrected chi connectivity index (χ1v) is 12.5. The molecule has 0 unspecified atom stereocenters. The zero-order valence-corrected chi connectivity index (χ0v) is 19.7. The summed E-state index contributed by atoms with van der Waals surface area (Å²) in [5.74, 6) is 0.330. The number of ether oxygens (including phenoxy) is 1. The Labute approximate surface area is 202 Å². The van der Waals surface area contributed by atoms with Gasteiger partial charge >= 0.3 is 5.97 Å². The molecule has 2 heterocycles. The molecule has 2 saturated heterocycles. The number of carbonyl (C=O) groups excluding carboxylic acids is 1. The Morgan fingerprint density at radius 1 is 0.588 bits per heavy atom. The highest BCUT2D eigenvalue weighted by Crippen LogP contribution is 2.35. The Kier molecular flexibility index (Phi) is 6.99. The second-order valence-electron chi connectivity index (χ2n) is 9.12. The first kappa shape index (κ1) is 22.3. The fraction of sp³-hybridized carbons (Fsp3) is 0.345. The highest BCUT2D eigenvalue weighted by molar-refractivity contribution is 5.92. The number of hydrogen-bond donors (Lipinski definition) is 0. The molecule has 0 N–H and O–H groups in total. The minimum Gasteiger partial charge on any atom is -0.421 e. The molecule has 3 aromatic carbocycles. The minimum atomic E-state index is -0.312. The molecule has 2 aliphatic heterocycles. The molecule has 0 saturated carbocycles. The zero-order chi connectivity index (χ0) is 23.2. The van der Waals surface area contributed by atoms with Gasteiger partial charge in [0.1, 0.15) is 0 Å². The smallest absolute Gasteiger partial charge is 0.343 e. The summed E-state index contributed by atoms with van der Waals surface area (Å²) in [6, 6.07) is 26.2. The van der Waals surface area contributed by atoms with Gasteiger partial charge in [-0.05, 0) is 68.1 Å². The lowest BCUT2D eigenvalue weighted by Crippen LogP contribution is -2.32. The van der Waals surface area contributed by atoms with Crippen LogP contribution in [0, 0.1) is 0 Å². The van der Waals surface area contributed by atoms with Crippen molar-refractivity contribution >= 4 is 23.0 Å². The summed E-state index contributed by atoms with van der Waals surface area (Å²) in [7, 11) is 0. The topological polar surface area (TPSA) is 36.0 Å². The maximum atomic E-state index is 12.9. The van der Waals surface area contributed by atoms with Crippen LogP contribution in [-0.4, -0.2) is 45.2 Å². The van der Waals surface area contributed by atoms with Crippen molar-refractivity contribution in [2.75, 3.05) is 54.0 Å². The van der Waals surface area contributed by atoms with Crippen molar-refractivity contribution in [3.05, 3.63) is 84.4 Å². The van der Waals surface area contributed by atoms with E-state index in [0.717, 1.165) is 51.4 Å². The van der Waals surface area contributed by atoms with Gasteiger partial charge in [0.25, 0.3) is 0 Å². The van der Waals surface area contributed by atoms with E-state index < -0.39 is 0 Å². The average molecular weight is 456 g/mol. The van der Waals surface area contributed by atoms with Gasteiger partial charge in [-0.25, -0.2) is 4.79 Å². The van der Waals surface area contributed by atoms with Gasteiger partial charge in [0.2, 0.25) is 0 Å². The maximum Gasteiger partial charge on any atom is 0.343 e. The van der Waals surface area contributed by atoms with Gasteiger partial charge in [0, 0.05) is 50.6 Å². The molecular weight excluding hydrogens is 422 g/mol. The van der Waals surface area contributed by atoms with Crippen LogP contribution in [0.1, 0.15) is 36.0 Å². The number of esters is 1. The molecule has 0 spiro atoms.